The van der Waals surface area contributed by atoms with E-state index in [1.807, 2.05) is 0 Å². The van der Waals surface area contributed by atoms with E-state index in [9.17, 15) is 13.2 Å². The summed E-state index contributed by atoms with van der Waals surface area (Å²) in [7, 11) is -3.84. The average molecular weight is 352 g/mol. The van der Waals surface area contributed by atoms with Gasteiger partial charge in [0.1, 0.15) is 4.90 Å². The van der Waals surface area contributed by atoms with Crippen LogP contribution in [0, 0.1) is 5.92 Å². The van der Waals surface area contributed by atoms with Gasteiger partial charge in [-0.25, -0.2) is 13.2 Å². The maximum atomic E-state index is 12.6. The highest BCUT2D eigenvalue weighted by atomic mass is 35.5. The molecule has 0 aliphatic carbocycles. The third-order valence-electron chi connectivity index (χ3n) is 3.59. The Morgan fingerprint density at radius 3 is 2.38 bits per heavy atom. The molecule has 0 bridgehead atoms. The zero-order chi connectivity index (χ0) is 15.8. The van der Waals surface area contributed by atoms with Crippen molar-refractivity contribution in [2.45, 2.75) is 24.7 Å². The number of hydrogen-bond donors (Lipinski definition) is 1. The summed E-state index contributed by atoms with van der Waals surface area (Å²) in [5, 5.41) is 8.80. The lowest BCUT2D eigenvalue weighted by atomic mass is 10.0. The average Bonchev–Trinajstić information content (AvgIpc) is 2.41. The number of piperidine rings is 1. The molecule has 1 saturated heterocycles. The Bertz CT molecular complexity index is 667. The zero-order valence-electron chi connectivity index (χ0n) is 11.3. The Balaban J connectivity index is 2.47. The molecule has 1 heterocycles. The van der Waals surface area contributed by atoms with Gasteiger partial charge in [0.05, 0.1) is 10.6 Å². The fourth-order valence-electron chi connectivity index (χ4n) is 2.27. The van der Waals surface area contributed by atoms with Gasteiger partial charge in [0, 0.05) is 18.1 Å². The van der Waals surface area contributed by atoms with Crippen LogP contribution in [0.5, 0.6) is 0 Å². The minimum atomic E-state index is -3.84. The summed E-state index contributed by atoms with van der Waals surface area (Å²) in [4.78, 5) is 10.9. The van der Waals surface area contributed by atoms with Gasteiger partial charge < -0.3 is 5.11 Å². The number of rotatable bonds is 3. The number of carbonyl (C=O) groups is 1. The molecule has 0 radical (unpaired) electrons. The third-order valence-corrected chi connectivity index (χ3v) is 6.26. The molecule has 0 atom stereocenters. The van der Waals surface area contributed by atoms with Gasteiger partial charge >= 0.3 is 5.97 Å². The van der Waals surface area contributed by atoms with E-state index in [2.05, 4.69) is 6.92 Å². The molecule has 8 heteroatoms. The summed E-state index contributed by atoms with van der Waals surface area (Å²) >= 11 is 11.8. The van der Waals surface area contributed by atoms with Crippen molar-refractivity contribution < 1.29 is 18.3 Å². The maximum absolute atomic E-state index is 12.6. The quantitative estimate of drug-likeness (QED) is 0.907. The van der Waals surface area contributed by atoms with Crippen LogP contribution in [-0.4, -0.2) is 36.9 Å². The highest BCUT2D eigenvalue weighted by molar-refractivity contribution is 7.89. The van der Waals surface area contributed by atoms with Crippen molar-refractivity contribution in [3.63, 3.8) is 0 Å². The standard InChI is InChI=1S/C13H15Cl2NO4S/c1-8-2-4-16(5-3-8)21(19,20)11-7-9(14)6-10(12(11)15)13(17)18/h6-8H,2-5H2,1H3,(H,17,18). The van der Waals surface area contributed by atoms with Crippen molar-refractivity contribution in [3.8, 4) is 0 Å². The predicted octanol–water partition coefficient (Wildman–Crippen LogP) is 3.11. The summed E-state index contributed by atoms with van der Waals surface area (Å²) in [6.45, 7) is 2.86. The van der Waals surface area contributed by atoms with E-state index >= 15 is 0 Å². The van der Waals surface area contributed by atoms with Crippen molar-refractivity contribution in [1.29, 1.82) is 0 Å². The van der Waals surface area contributed by atoms with Crippen molar-refractivity contribution in [3.05, 3.63) is 27.7 Å². The maximum Gasteiger partial charge on any atom is 0.337 e. The smallest absolute Gasteiger partial charge is 0.337 e. The Labute approximate surface area is 133 Å². The Kier molecular flexibility index (Phi) is 4.82. The molecule has 116 valence electrons. The van der Waals surface area contributed by atoms with E-state index in [1.165, 1.54) is 10.4 Å². The van der Waals surface area contributed by atoms with Gasteiger partial charge in [-0.3, -0.25) is 0 Å². The molecule has 1 N–H and O–H groups in total. The van der Waals surface area contributed by atoms with Gasteiger partial charge in [-0.15, -0.1) is 0 Å². The van der Waals surface area contributed by atoms with E-state index in [1.54, 1.807) is 0 Å². The van der Waals surface area contributed by atoms with Crippen molar-refractivity contribution >= 4 is 39.2 Å². The summed E-state index contributed by atoms with van der Waals surface area (Å²) in [5.41, 5.74) is -0.312. The Morgan fingerprint density at radius 2 is 1.86 bits per heavy atom. The van der Waals surface area contributed by atoms with Crippen LogP contribution in [0.1, 0.15) is 30.1 Å². The number of sulfonamides is 1. The van der Waals surface area contributed by atoms with E-state index < -0.39 is 16.0 Å². The van der Waals surface area contributed by atoms with Gasteiger partial charge in [-0.05, 0) is 30.9 Å². The second kappa shape index (κ2) is 6.12. The number of nitrogens with zero attached hydrogens (tertiary/aromatic N) is 1. The lowest BCUT2D eigenvalue weighted by Gasteiger charge is -2.29. The predicted molar refractivity (Wildman–Crippen MR) is 80.6 cm³/mol. The van der Waals surface area contributed by atoms with Crippen molar-refractivity contribution in [2.24, 2.45) is 5.92 Å². The second-order valence-electron chi connectivity index (χ2n) is 5.16. The molecular formula is C13H15Cl2NO4S. The van der Waals surface area contributed by atoms with Crippen LogP contribution in [0.2, 0.25) is 10.0 Å². The molecule has 0 aromatic heterocycles. The molecule has 1 aliphatic heterocycles. The number of hydrogen-bond acceptors (Lipinski definition) is 3. The van der Waals surface area contributed by atoms with Crippen LogP contribution in [0.15, 0.2) is 17.0 Å². The van der Waals surface area contributed by atoms with E-state index in [0.717, 1.165) is 18.9 Å². The summed E-state index contributed by atoms with van der Waals surface area (Å²) in [6, 6.07) is 2.34. The molecule has 1 aromatic carbocycles. The first-order valence-corrected chi connectivity index (χ1v) is 8.65. The van der Waals surface area contributed by atoms with E-state index in [-0.39, 0.29) is 20.5 Å². The first kappa shape index (κ1) is 16.5. The van der Waals surface area contributed by atoms with Crippen LogP contribution in [0.25, 0.3) is 0 Å². The van der Waals surface area contributed by atoms with Gasteiger partial charge in [-0.2, -0.15) is 4.31 Å². The van der Waals surface area contributed by atoms with E-state index in [4.69, 9.17) is 28.3 Å². The fourth-order valence-corrected chi connectivity index (χ4v) is 4.62. The minimum absolute atomic E-state index is 0.0285. The molecule has 2 rings (SSSR count). The number of aromatic carboxylic acids is 1. The van der Waals surface area contributed by atoms with Gasteiger partial charge in [-0.1, -0.05) is 30.1 Å². The zero-order valence-corrected chi connectivity index (χ0v) is 13.7. The highest BCUT2D eigenvalue weighted by Crippen LogP contribution is 2.33. The van der Waals surface area contributed by atoms with Crippen molar-refractivity contribution in [1.82, 2.24) is 4.31 Å². The molecule has 5 nitrogen and oxygen atoms in total. The lowest BCUT2D eigenvalue weighted by molar-refractivity contribution is 0.0697. The molecule has 0 unspecified atom stereocenters. The van der Waals surface area contributed by atoms with Crippen LogP contribution in [-0.2, 0) is 10.0 Å². The summed E-state index contributed by atoms with van der Waals surface area (Å²) in [5.74, 6) is -0.841. The van der Waals surface area contributed by atoms with Gasteiger partial charge in [0.15, 0.2) is 0 Å². The number of carboxylic acid groups (broad SMARTS) is 1. The van der Waals surface area contributed by atoms with Crippen molar-refractivity contribution in [2.75, 3.05) is 13.1 Å². The Morgan fingerprint density at radius 1 is 1.29 bits per heavy atom. The third kappa shape index (κ3) is 3.34. The minimum Gasteiger partial charge on any atom is -0.478 e. The molecule has 0 spiro atoms. The normalized spacial score (nSPS) is 17.9. The van der Waals surface area contributed by atoms with Crippen LogP contribution < -0.4 is 0 Å². The molecule has 21 heavy (non-hydrogen) atoms. The summed E-state index contributed by atoms with van der Waals surface area (Å²) < 4.78 is 26.6. The van der Waals surface area contributed by atoms with Crippen LogP contribution >= 0.6 is 23.2 Å². The second-order valence-corrected chi connectivity index (χ2v) is 7.88. The number of carboxylic acids is 1. The molecule has 1 aromatic rings. The highest BCUT2D eigenvalue weighted by Gasteiger charge is 2.31. The first-order chi connectivity index (χ1) is 9.73. The molecule has 1 aliphatic rings. The lowest BCUT2D eigenvalue weighted by Crippen LogP contribution is -2.38. The SMILES string of the molecule is CC1CCN(S(=O)(=O)c2cc(Cl)cc(C(=O)O)c2Cl)CC1. The fraction of sp³-hybridized carbons (Fsp3) is 0.462. The monoisotopic (exact) mass is 351 g/mol. The first-order valence-electron chi connectivity index (χ1n) is 6.46. The van der Waals surface area contributed by atoms with E-state index in [0.29, 0.717) is 19.0 Å². The molecule has 0 amide bonds. The topological polar surface area (TPSA) is 74.7 Å². The summed E-state index contributed by atoms with van der Waals surface area (Å²) in [6.07, 6.45) is 1.53. The number of halogens is 2. The van der Waals surface area contributed by atoms with Crippen LogP contribution in [0.4, 0.5) is 0 Å². The number of benzene rings is 1. The largest absolute Gasteiger partial charge is 0.478 e. The van der Waals surface area contributed by atoms with Gasteiger partial charge in [0.2, 0.25) is 10.0 Å². The van der Waals surface area contributed by atoms with Crippen LogP contribution in [0.3, 0.4) is 0 Å². The molecular weight excluding hydrogens is 337 g/mol. The Hall–Kier alpha value is -0.820. The molecule has 1 fully saturated rings. The van der Waals surface area contributed by atoms with Gasteiger partial charge in [0.25, 0.3) is 0 Å². The molecule has 0 saturated carbocycles.